The average Bonchev–Trinajstić information content (AvgIpc) is 2.43. The molecule has 2 aromatic rings. The zero-order valence-corrected chi connectivity index (χ0v) is 11.7. The zero-order valence-electron chi connectivity index (χ0n) is 11.0. The second-order valence-electron chi connectivity index (χ2n) is 4.66. The van der Waals surface area contributed by atoms with E-state index in [1.807, 2.05) is 31.2 Å². The molecule has 5 heteroatoms. The van der Waals surface area contributed by atoms with E-state index in [1.165, 1.54) is 0 Å². The predicted molar refractivity (Wildman–Crippen MR) is 83.3 cm³/mol. The van der Waals surface area contributed by atoms with Gasteiger partial charge in [0, 0.05) is 22.5 Å². The van der Waals surface area contributed by atoms with Gasteiger partial charge in [-0.15, -0.1) is 0 Å². The Bertz CT molecular complexity index is 698. The highest BCUT2D eigenvalue weighted by molar-refractivity contribution is 6.31. The van der Waals surface area contributed by atoms with Crippen LogP contribution in [0.1, 0.15) is 5.56 Å². The molecule has 1 aliphatic rings. The number of nitrogens with two attached hydrogens (primary N) is 1. The highest BCUT2D eigenvalue weighted by Crippen LogP contribution is 2.32. The molecule has 2 aromatic carbocycles. The van der Waals surface area contributed by atoms with Crippen molar-refractivity contribution in [2.24, 2.45) is 4.99 Å². The van der Waals surface area contributed by atoms with Crippen molar-refractivity contribution in [3.05, 3.63) is 47.0 Å². The molecule has 0 unspecified atom stereocenters. The lowest BCUT2D eigenvalue weighted by molar-refractivity contribution is 0.372. The Balaban J connectivity index is 1.85. The van der Waals surface area contributed by atoms with Gasteiger partial charge < -0.3 is 15.8 Å². The smallest absolute Gasteiger partial charge is 0.147 e. The Morgan fingerprint density at radius 2 is 2.10 bits per heavy atom. The number of aryl methyl sites for hydroxylation is 1. The number of hydrogen-bond acceptors (Lipinski definition) is 4. The van der Waals surface area contributed by atoms with E-state index in [1.54, 1.807) is 12.1 Å². The number of ether oxygens (including phenoxy) is 1. The van der Waals surface area contributed by atoms with Crippen LogP contribution in [0.15, 0.2) is 41.4 Å². The molecule has 0 spiro atoms. The van der Waals surface area contributed by atoms with Crippen LogP contribution >= 0.6 is 11.6 Å². The van der Waals surface area contributed by atoms with E-state index >= 15 is 0 Å². The van der Waals surface area contributed by atoms with Gasteiger partial charge in [0.05, 0.1) is 0 Å². The van der Waals surface area contributed by atoms with Gasteiger partial charge in [0.25, 0.3) is 0 Å². The van der Waals surface area contributed by atoms with Gasteiger partial charge in [-0.3, -0.25) is 0 Å². The molecule has 3 rings (SSSR count). The number of nitrogens with zero attached hydrogens (tertiary/aromatic N) is 1. The number of fused-ring (bicyclic) bond motifs is 1. The molecule has 0 amide bonds. The molecule has 0 atom stereocenters. The Morgan fingerprint density at radius 3 is 2.90 bits per heavy atom. The van der Waals surface area contributed by atoms with E-state index in [9.17, 15) is 0 Å². The molecule has 4 nitrogen and oxygen atoms in total. The van der Waals surface area contributed by atoms with Crippen molar-refractivity contribution in [1.29, 1.82) is 0 Å². The number of amidine groups is 1. The van der Waals surface area contributed by atoms with Crippen molar-refractivity contribution in [1.82, 2.24) is 0 Å². The molecule has 3 N–H and O–H groups in total. The quantitative estimate of drug-likeness (QED) is 0.785. The van der Waals surface area contributed by atoms with Gasteiger partial charge in [0.2, 0.25) is 0 Å². The largest absolute Gasteiger partial charge is 0.483 e. The van der Waals surface area contributed by atoms with Gasteiger partial charge in [0.15, 0.2) is 0 Å². The van der Waals surface area contributed by atoms with Gasteiger partial charge in [-0.1, -0.05) is 17.7 Å². The van der Waals surface area contributed by atoms with Crippen molar-refractivity contribution >= 4 is 34.5 Å². The maximum Gasteiger partial charge on any atom is 0.147 e. The number of rotatable bonds is 1. The first-order valence-electron chi connectivity index (χ1n) is 6.25. The Morgan fingerprint density at radius 1 is 1.25 bits per heavy atom. The van der Waals surface area contributed by atoms with Gasteiger partial charge >= 0.3 is 0 Å². The molecule has 0 aromatic heterocycles. The number of benzene rings is 2. The minimum atomic E-state index is 0.377. The monoisotopic (exact) mass is 287 g/mol. The molecule has 0 aliphatic carbocycles. The molecule has 0 saturated carbocycles. The van der Waals surface area contributed by atoms with Crippen molar-refractivity contribution in [3.63, 3.8) is 0 Å². The zero-order chi connectivity index (χ0) is 14.1. The Labute approximate surface area is 122 Å². The summed E-state index contributed by atoms with van der Waals surface area (Å²) in [5.41, 5.74) is 9.08. The number of aliphatic imine (C=N–C) groups is 1. The van der Waals surface area contributed by atoms with Crippen molar-refractivity contribution in [2.75, 3.05) is 17.7 Å². The number of hydrogen-bond donors (Lipinski definition) is 2. The first-order chi connectivity index (χ1) is 9.61. The molecule has 1 aliphatic heterocycles. The Hall–Kier alpha value is -2.20. The fraction of sp³-hybridized carbons (Fsp3) is 0.133. The van der Waals surface area contributed by atoms with E-state index in [0.29, 0.717) is 18.0 Å². The third-order valence-corrected chi connectivity index (χ3v) is 3.47. The summed E-state index contributed by atoms with van der Waals surface area (Å²) in [6, 6.07) is 11.2. The fourth-order valence-corrected chi connectivity index (χ4v) is 2.14. The van der Waals surface area contributed by atoms with E-state index in [2.05, 4.69) is 10.3 Å². The standard InChI is InChI=1S/C15H14ClN3O/c1-9-2-4-11(7-12(9)16)18-15-8-20-14-6-10(17)3-5-13(14)19-15/h2-7H,8,17H2,1H3,(H,18,19). The summed E-state index contributed by atoms with van der Waals surface area (Å²) in [4.78, 5) is 4.52. The lowest BCUT2D eigenvalue weighted by Gasteiger charge is -2.18. The predicted octanol–water partition coefficient (Wildman–Crippen LogP) is 3.77. The lowest BCUT2D eigenvalue weighted by Crippen LogP contribution is -2.23. The molecule has 0 fully saturated rings. The summed E-state index contributed by atoms with van der Waals surface area (Å²) in [5, 5.41) is 3.94. The second-order valence-corrected chi connectivity index (χ2v) is 5.07. The minimum absolute atomic E-state index is 0.377. The lowest BCUT2D eigenvalue weighted by atomic mass is 10.2. The first-order valence-corrected chi connectivity index (χ1v) is 6.63. The van der Waals surface area contributed by atoms with E-state index in [0.717, 1.165) is 27.8 Å². The fourth-order valence-electron chi connectivity index (χ4n) is 1.96. The topological polar surface area (TPSA) is 59.6 Å². The number of halogens is 1. The summed E-state index contributed by atoms with van der Waals surface area (Å²) in [6.07, 6.45) is 0. The van der Waals surface area contributed by atoms with Gasteiger partial charge in [-0.2, -0.15) is 0 Å². The highest BCUT2D eigenvalue weighted by atomic mass is 35.5. The normalized spacial score (nSPS) is 13.2. The molecule has 0 bridgehead atoms. The minimum Gasteiger partial charge on any atom is -0.483 e. The summed E-state index contributed by atoms with van der Waals surface area (Å²) in [5.74, 6) is 1.44. The van der Waals surface area contributed by atoms with Crippen molar-refractivity contribution in [3.8, 4) is 5.75 Å². The summed E-state index contributed by atoms with van der Waals surface area (Å²) >= 11 is 6.10. The molecular formula is C15H14ClN3O. The molecule has 0 saturated heterocycles. The van der Waals surface area contributed by atoms with Crippen LogP contribution in [0.25, 0.3) is 0 Å². The third-order valence-electron chi connectivity index (χ3n) is 3.06. The van der Waals surface area contributed by atoms with E-state index in [4.69, 9.17) is 22.1 Å². The van der Waals surface area contributed by atoms with Crippen LogP contribution in [0, 0.1) is 6.92 Å². The highest BCUT2D eigenvalue weighted by Gasteiger charge is 2.13. The summed E-state index contributed by atoms with van der Waals surface area (Å²) < 4.78 is 5.64. The van der Waals surface area contributed by atoms with Crippen molar-refractivity contribution in [2.45, 2.75) is 6.92 Å². The van der Waals surface area contributed by atoms with Crippen LogP contribution < -0.4 is 15.8 Å². The molecule has 1 heterocycles. The maximum absolute atomic E-state index is 6.10. The molecular weight excluding hydrogens is 274 g/mol. The van der Waals surface area contributed by atoms with Crippen LogP contribution in [0.2, 0.25) is 5.02 Å². The second kappa shape index (κ2) is 5.06. The van der Waals surface area contributed by atoms with Crippen LogP contribution in [0.3, 0.4) is 0 Å². The number of anilines is 2. The van der Waals surface area contributed by atoms with Crippen LogP contribution in [-0.4, -0.2) is 12.4 Å². The van der Waals surface area contributed by atoms with E-state index < -0.39 is 0 Å². The molecule has 0 radical (unpaired) electrons. The SMILES string of the molecule is Cc1ccc(NC2=Nc3ccc(N)cc3OC2)cc1Cl. The summed E-state index contributed by atoms with van der Waals surface area (Å²) in [6.45, 7) is 2.34. The van der Waals surface area contributed by atoms with E-state index in [-0.39, 0.29) is 0 Å². The van der Waals surface area contributed by atoms with Gasteiger partial charge in [0.1, 0.15) is 23.9 Å². The molecule has 20 heavy (non-hydrogen) atoms. The van der Waals surface area contributed by atoms with Crippen LogP contribution in [-0.2, 0) is 0 Å². The molecule has 102 valence electrons. The van der Waals surface area contributed by atoms with Gasteiger partial charge in [-0.25, -0.2) is 4.99 Å². The van der Waals surface area contributed by atoms with Crippen LogP contribution in [0.4, 0.5) is 17.1 Å². The number of nitrogen functional groups attached to an aromatic ring is 1. The van der Waals surface area contributed by atoms with Crippen LogP contribution in [0.5, 0.6) is 5.75 Å². The third kappa shape index (κ3) is 2.56. The van der Waals surface area contributed by atoms with Gasteiger partial charge in [-0.05, 0) is 36.8 Å². The number of nitrogens with one attached hydrogen (secondary N) is 1. The first kappa shape index (κ1) is 12.8. The maximum atomic E-state index is 6.10. The summed E-state index contributed by atoms with van der Waals surface area (Å²) in [7, 11) is 0. The Kier molecular flexibility index (Phi) is 3.24. The van der Waals surface area contributed by atoms with Crippen molar-refractivity contribution < 1.29 is 4.74 Å². The average molecular weight is 288 g/mol.